The Bertz CT molecular complexity index is 1350. The summed E-state index contributed by atoms with van der Waals surface area (Å²) in [4.78, 5) is 27.9. The van der Waals surface area contributed by atoms with E-state index < -0.39 is 5.97 Å². The smallest absolute Gasteiger partial charge is 0.340 e. The molecule has 1 aromatic heterocycles. The largest absolute Gasteiger partial charge is 0.465 e. The number of aromatic nitrogens is 1. The van der Waals surface area contributed by atoms with E-state index in [4.69, 9.17) is 16.3 Å². The lowest BCUT2D eigenvalue weighted by Gasteiger charge is -2.17. The molecule has 0 fully saturated rings. The Morgan fingerprint density at radius 3 is 2.41 bits per heavy atom. The van der Waals surface area contributed by atoms with E-state index >= 15 is 0 Å². The fourth-order valence-electron chi connectivity index (χ4n) is 4.47. The molecule has 0 aliphatic carbocycles. The third-order valence-electron chi connectivity index (χ3n) is 6.27. The average Bonchev–Trinajstić information content (AvgIpc) is 3.22. The highest BCUT2D eigenvalue weighted by Crippen LogP contribution is 2.34. The van der Waals surface area contributed by atoms with Gasteiger partial charge in [0.1, 0.15) is 0 Å². The number of rotatable bonds is 5. The summed E-state index contributed by atoms with van der Waals surface area (Å²) in [6, 6.07) is 17.5. The number of carbonyl (C=O) groups excluding carboxylic acids is 2. The van der Waals surface area contributed by atoms with Gasteiger partial charge in [0.15, 0.2) is 0 Å². The molecule has 0 saturated heterocycles. The van der Waals surface area contributed by atoms with E-state index in [2.05, 4.69) is 4.57 Å². The molecule has 1 amide bonds. The van der Waals surface area contributed by atoms with E-state index in [0.717, 1.165) is 33.8 Å². The molecule has 0 radical (unpaired) electrons. The first-order valence-electron chi connectivity index (χ1n) is 11.1. The number of aryl methyl sites for hydroxylation is 2. The highest BCUT2D eigenvalue weighted by Gasteiger charge is 2.37. The molecular weight excluding hydrogens is 448 g/mol. The minimum atomic E-state index is -0.521. The maximum atomic E-state index is 13.5. The van der Waals surface area contributed by atoms with Crippen molar-refractivity contribution in [2.45, 2.75) is 34.2 Å². The fraction of sp³-hybridized carbons (Fsp3) is 0.214. The molecule has 2 heterocycles. The third-order valence-corrected chi connectivity index (χ3v) is 6.50. The number of hydrogen-bond donors (Lipinski definition) is 0. The summed E-state index contributed by atoms with van der Waals surface area (Å²) >= 11 is 6.27. The zero-order valence-corrected chi connectivity index (χ0v) is 20.7. The maximum absolute atomic E-state index is 13.5. The molecule has 0 spiro atoms. The van der Waals surface area contributed by atoms with Gasteiger partial charge in [0.05, 0.1) is 24.8 Å². The van der Waals surface area contributed by atoms with Gasteiger partial charge in [0.25, 0.3) is 5.91 Å². The first kappa shape index (κ1) is 23.6. The van der Waals surface area contributed by atoms with E-state index in [1.165, 1.54) is 7.11 Å². The van der Waals surface area contributed by atoms with Gasteiger partial charge in [0, 0.05) is 27.8 Å². The number of esters is 1. The number of hydrogen-bond acceptors (Lipinski definition) is 3. The molecule has 4 rings (SSSR count). The van der Waals surface area contributed by atoms with Crippen LogP contribution in [0, 0.1) is 20.8 Å². The lowest BCUT2D eigenvalue weighted by atomic mass is 10.0. The van der Waals surface area contributed by atoms with Gasteiger partial charge >= 0.3 is 5.97 Å². The first-order chi connectivity index (χ1) is 16.2. The number of benzene rings is 2. The van der Waals surface area contributed by atoms with Crippen molar-refractivity contribution < 1.29 is 14.3 Å². The Labute approximate surface area is 204 Å². The zero-order valence-electron chi connectivity index (χ0n) is 20.0. The van der Waals surface area contributed by atoms with E-state index in [0.29, 0.717) is 28.4 Å². The van der Waals surface area contributed by atoms with Crippen LogP contribution in [0.3, 0.4) is 0 Å². The van der Waals surface area contributed by atoms with Crippen molar-refractivity contribution in [1.82, 2.24) is 9.47 Å². The van der Waals surface area contributed by atoms with Crippen LogP contribution >= 0.6 is 11.6 Å². The summed E-state index contributed by atoms with van der Waals surface area (Å²) in [6.07, 6.45) is 1.79. The Morgan fingerprint density at radius 1 is 1.03 bits per heavy atom. The van der Waals surface area contributed by atoms with Gasteiger partial charge in [0.2, 0.25) is 0 Å². The van der Waals surface area contributed by atoms with Gasteiger partial charge in [-0.15, -0.1) is 0 Å². The molecule has 0 saturated carbocycles. The fourth-order valence-corrected chi connectivity index (χ4v) is 4.63. The maximum Gasteiger partial charge on any atom is 0.340 e. The summed E-state index contributed by atoms with van der Waals surface area (Å²) in [7, 11) is 1.33. The molecule has 0 bridgehead atoms. The van der Waals surface area contributed by atoms with Crippen molar-refractivity contribution in [3.8, 4) is 5.69 Å². The number of allylic oxidation sites excluding steroid dienone is 1. The minimum Gasteiger partial charge on any atom is -0.465 e. The van der Waals surface area contributed by atoms with E-state index in [-0.39, 0.29) is 5.91 Å². The topological polar surface area (TPSA) is 51.5 Å². The summed E-state index contributed by atoms with van der Waals surface area (Å²) in [5.74, 6) is -0.738. The van der Waals surface area contributed by atoms with Crippen LogP contribution in [0.25, 0.3) is 11.8 Å². The standard InChI is InChI=1S/C28H27ClN2O3/c1-17-11-12-23(29)15-25(17)31-18(2)13-22(19(31)3)14-24-26(28(33)34-5)20(4)30(27(24)32)16-21-9-7-6-8-10-21/h6-15H,16H2,1-5H3/b24-14-. The van der Waals surface area contributed by atoms with Crippen LogP contribution in [0.1, 0.15) is 35.0 Å². The van der Waals surface area contributed by atoms with Crippen LogP contribution in [-0.2, 0) is 20.9 Å². The Hall–Kier alpha value is -3.57. The molecule has 6 heteroatoms. The molecule has 34 heavy (non-hydrogen) atoms. The van der Waals surface area contributed by atoms with Crippen molar-refractivity contribution in [2.75, 3.05) is 7.11 Å². The second kappa shape index (κ2) is 9.35. The Balaban J connectivity index is 1.81. The minimum absolute atomic E-state index is 0.217. The highest BCUT2D eigenvalue weighted by atomic mass is 35.5. The van der Waals surface area contributed by atoms with Crippen molar-refractivity contribution in [3.05, 3.63) is 105 Å². The molecule has 0 atom stereocenters. The van der Waals surface area contributed by atoms with Crippen LogP contribution in [-0.4, -0.2) is 28.5 Å². The summed E-state index contributed by atoms with van der Waals surface area (Å²) in [5, 5.41) is 0.655. The van der Waals surface area contributed by atoms with Gasteiger partial charge in [-0.2, -0.15) is 0 Å². The Kier molecular flexibility index (Phi) is 6.49. The monoisotopic (exact) mass is 474 g/mol. The van der Waals surface area contributed by atoms with Crippen LogP contribution in [0.15, 0.2) is 71.4 Å². The molecule has 1 aliphatic heterocycles. The predicted molar refractivity (Wildman–Crippen MR) is 135 cm³/mol. The van der Waals surface area contributed by atoms with Crippen LogP contribution in [0.2, 0.25) is 5.02 Å². The number of ether oxygens (including phenoxy) is 1. The third kappa shape index (κ3) is 4.19. The van der Waals surface area contributed by atoms with Crippen molar-refractivity contribution in [3.63, 3.8) is 0 Å². The van der Waals surface area contributed by atoms with Crippen molar-refractivity contribution in [2.24, 2.45) is 0 Å². The summed E-state index contributed by atoms with van der Waals surface area (Å²) in [6.45, 7) is 8.20. The van der Waals surface area contributed by atoms with Gasteiger partial charge in [-0.1, -0.05) is 48.0 Å². The molecule has 0 N–H and O–H groups in total. The number of amides is 1. The number of carbonyl (C=O) groups is 2. The number of nitrogens with zero attached hydrogens (tertiary/aromatic N) is 2. The van der Waals surface area contributed by atoms with Crippen LogP contribution < -0.4 is 0 Å². The molecular formula is C28H27ClN2O3. The zero-order chi connectivity index (χ0) is 24.6. The van der Waals surface area contributed by atoms with E-state index in [1.54, 1.807) is 17.9 Å². The molecule has 5 nitrogen and oxygen atoms in total. The summed E-state index contributed by atoms with van der Waals surface area (Å²) in [5.41, 5.74) is 7.08. The van der Waals surface area contributed by atoms with Gasteiger partial charge in [-0.25, -0.2) is 4.79 Å². The molecule has 3 aromatic rings. The van der Waals surface area contributed by atoms with Crippen LogP contribution in [0.4, 0.5) is 0 Å². The summed E-state index contributed by atoms with van der Waals surface area (Å²) < 4.78 is 7.15. The predicted octanol–water partition coefficient (Wildman–Crippen LogP) is 5.93. The lowest BCUT2D eigenvalue weighted by Crippen LogP contribution is -2.24. The lowest BCUT2D eigenvalue weighted by molar-refractivity contribution is -0.136. The molecule has 0 unspecified atom stereocenters. The van der Waals surface area contributed by atoms with E-state index in [9.17, 15) is 9.59 Å². The first-order valence-corrected chi connectivity index (χ1v) is 11.4. The second-order valence-electron chi connectivity index (χ2n) is 8.48. The molecule has 1 aliphatic rings. The number of halogens is 1. The molecule has 174 valence electrons. The SMILES string of the molecule is COC(=O)C1=C(C)N(Cc2ccccc2)C(=O)/C1=C\c1cc(C)n(-c2cc(Cl)ccc2C)c1C. The van der Waals surface area contributed by atoms with Crippen molar-refractivity contribution in [1.29, 1.82) is 0 Å². The molecule has 2 aromatic carbocycles. The van der Waals surface area contributed by atoms with Gasteiger partial charge < -0.3 is 14.2 Å². The normalized spacial score (nSPS) is 14.9. The number of methoxy groups -OCH3 is 1. The average molecular weight is 475 g/mol. The van der Waals surface area contributed by atoms with E-state index in [1.807, 2.05) is 75.4 Å². The highest BCUT2D eigenvalue weighted by molar-refractivity contribution is 6.30. The van der Waals surface area contributed by atoms with Gasteiger partial charge in [-0.3, -0.25) is 4.79 Å². The Morgan fingerprint density at radius 2 is 1.74 bits per heavy atom. The second-order valence-corrected chi connectivity index (χ2v) is 8.92. The quantitative estimate of drug-likeness (QED) is 0.340. The van der Waals surface area contributed by atoms with Crippen LogP contribution in [0.5, 0.6) is 0 Å². The van der Waals surface area contributed by atoms with Crippen molar-refractivity contribution >= 4 is 29.6 Å². The van der Waals surface area contributed by atoms with Gasteiger partial charge in [-0.05, 0) is 68.7 Å².